The molecule has 22 heavy (non-hydrogen) atoms. The van der Waals surface area contributed by atoms with Crippen molar-refractivity contribution in [2.75, 3.05) is 13.6 Å². The fraction of sp³-hybridized carbons (Fsp3) is 0.353. The number of rotatable bonds is 5. The highest BCUT2D eigenvalue weighted by molar-refractivity contribution is 7.16. The van der Waals surface area contributed by atoms with Crippen molar-refractivity contribution in [2.45, 2.75) is 24.8 Å². The summed E-state index contributed by atoms with van der Waals surface area (Å²) in [6, 6.07) is 14.2. The summed E-state index contributed by atoms with van der Waals surface area (Å²) in [6.45, 7) is 1.28. The molecule has 0 bridgehead atoms. The molecule has 1 aromatic heterocycles. The van der Waals surface area contributed by atoms with Crippen LogP contribution in [-0.2, 0) is 12.0 Å². The SMILES string of the molecule is CN(Cc1ccc(Cl)s1)C(=O)NCC1(c2ccccc2)CC1. The van der Waals surface area contributed by atoms with E-state index in [0.717, 1.165) is 22.1 Å². The van der Waals surface area contributed by atoms with Crippen molar-refractivity contribution in [1.29, 1.82) is 0 Å². The summed E-state index contributed by atoms with van der Waals surface area (Å²) < 4.78 is 0.754. The second-order valence-corrected chi connectivity index (χ2v) is 7.67. The van der Waals surface area contributed by atoms with Gasteiger partial charge in [0.1, 0.15) is 0 Å². The normalized spacial score (nSPS) is 15.4. The quantitative estimate of drug-likeness (QED) is 0.869. The third-order valence-electron chi connectivity index (χ3n) is 4.19. The summed E-state index contributed by atoms with van der Waals surface area (Å²) >= 11 is 7.43. The van der Waals surface area contributed by atoms with Gasteiger partial charge in [-0.05, 0) is 30.5 Å². The third-order valence-corrected chi connectivity index (χ3v) is 5.40. The van der Waals surface area contributed by atoms with Gasteiger partial charge in [-0.1, -0.05) is 41.9 Å². The Morgan fingerprint density at radius 2 is 2.00 bits per heavy atom. The minimum absolute atomic E-state index is 0.0354. The van der Waals surface area contributed by atoms with Gasteiger partial charge in [0.25, 0.3) is 0 Å². The van der Waals surface area contributed by atoms with E-state index in [1.807, 2.05) is 25.2 Å². The smallest absolute Gasteiger partial charge is 0.317 e. The van der Waals surface area contributed by atoms with Crippen molar-refractivity contribution in [3.63, 3.8) is 0 Å². The van der Waals surface area contributed by atoms with Crippen LogP contribution in [0.1, 0.15) is 23.3 Å². The standard InChI is InChI=1S/C17H19ClN2OS/c1-20(11-14-7-8-15(18)22-14)16(21)19-12-17(9-10-17)13-5-3-2-4-6-13/h2-8H,9-12H2,1H3,(H,19,21). The summed E-state index contributed by atoms with van der Waals surface area (Å²) in [6.07, 6.45) is 2.28. The summed E-state index contributed by atoms with van der Waals surface area (Å²) in [5.74, 6) is 0. The number of nitrogens with zero attached hydrogens (tertiary/aromatic N) is 1. The van der Waals surface area contributed by atoms with E-state index in [4.69, 9.17) is 11.6 Å². The van der Waals surface area contributed by atoms with Gasteiger partial charge in [0.05, 0.1) is 10.9 Å². The van der Waals surface area contributed by atoms with E-state index in [-0.39, 0.29) is 11.4 Å². The highest BCUT2D eigenvalue weighted by atomic mass is 35.5. The summed E-state index contributed by atoms with van der Waals surface area (Å²) in [5.41, 5.74) is 1.47. The van der Waals surface area contributed by atoms with Crippen LogP contribution < -0.4 is 5.32 Å². The van der Waals surface area contributed by atoms with Gasteiger partial charge in [0.2, 0.25) is 0 Å². The zero-order valence-corrected chi connectivity index (χ0v) is 14.1. The number of urea groups is 1. The lowest BCUT2D eigenvalue weighted by molar-refractivity contribution is 0.206. The minimum atomic E-state index is -0.0354. The van der Waals surface area contributed by atoms with Gasteiger partial charge in [0, 0.05) is 23.9 Å². The Bertz CT molecular complexity index is 652. The topological polar surface area (TPSA) is 32.3 Å². The van der Waals surface area contributed by atoms with Crippen LogP contribution in [0.15, 0.2) is 42.5 Å². The largest absolute Gasteiger partial charge is 0.337 e. The van der Waals surface area contributed by atoms with Crippen LogP contribution in [0.3, 0.4) is 0 Å². The maximum absolute atomic E-state index is 12.2. The number of carbonyl (C=O) groups is 1. The van der Waals surface area contributed by atoms with Gasteiger partial charge in [-0.25, -0.2) is 4.79 Å². The van der Waals surface area contributed by atoms with Crippen molar-refractivity contribution >= 4 is 29.0 Å². The second-order valence-electron chi connectivity index (χ2n) is 5.87. The van der Waals surface area contributed by atoms with Crippen LogP contribution in [0, 0.1) is 0 Å². The fourth-order valence-corrected chi connectivity index (χ4v) is 3.77. The van der Waals surface area contributed by atoms with Crippen molar-refractivity contribution in [3.05, 3.63) is 57.2 Å². The molecule has 0 radical (unpaired) electrons. The highest BCUT2D eigenvalue weighted by Gasteiger charge is 2.44. The average Bonchev–Trinajstić information content (AvgIpc) is 3.22. The number of amides is 2. The Balaban J connectivity index is 1.54. The Morgan fingerprint density at radius 1 is 1.27 bits per heavy atom. The van der Waals surface area contributed by atoms with E-state index >= 15 is 0 Å². The number of thiophene rings is 1. The zero-order chi connectivity index (χ0) is 15.6. The maximum atomic E-state index is 12.2. The van der Waals surface area contributed by atoms with E-state index in [1.54, 1.807) is 4.90 Å². The fourth-order valence-electron chi connectivity index (χ4n) is 2.63. The molecule has 5 heteroatoms. The molecule has 0 unspecified atom stereocenters. The summed E-state index contributed by atoms with van der Waals surface area (Å²) in [7, 11) is 1.81. The minimum Gasteiger partial charge on any atom is -0.337 e. The molecule has 1 fully saturated rings. The predicted molar refractivity (Wildman–Crippen MR) is 91.5 cm³/mol. The molecule has 2 aromatic rings. The molecule has 1 saturated carbocycles. The first-order valence-corrected chi connectivity index (χ1v) is 8.57. The number of hydrogen-bond donors (Lipinski definition) is 1. The number of nitrogens with one attached hydrogen (secondary N) is 1. The van der Waals surface area contributed by atoms with Crippen LogP contribution in [0.25, 0.3) is 0 Å². The molecule has 3 nitrogen and oxygen atoms in total. The van der Waals surface area contributed by atoms with Gasteiger partial charge in [0.15, 0.2) is 0 Å². The van der Waals surface area contributed by atoms with E-state index in [0.29, 0.717) is 13.1 Å². The molecular formula is C17H19ClN2OS. The Kier molecular flexibility index (Phi) is 4.41. The second kappa shape index (κ2) is 6.31. The molecule has 0 atom stereocenters. The average molecular weight is 335 g/mol. The first-order valence-electron chi connectivity index (χ1n) is 7.38. The third kappa shape index (κ3) is 3.45. The van der Waals surface area contributed by atoms with E-state index in [2.05, 4.69) is 29.6 Å². The molecule has 3 rings (SSSR count). The molecule has 1 aromatic carbocycles. The maximum Gasteiger partial charge on any atom is 0.317 e. The van der Waals surface area contributed by atoms with Crippen LogP contribution in [-0.4, -0.2) is 24.5 Å². The summed E-state index contributed by atoms with van der Waals surface area (Å²) in [5, 5.41) is 3.07. The van der Waals surface area contributed by atoms with Crippen molar-refractivity contribution in [2.24, 2.45) is 0 Å². The van der Waals surface area contributed by atoms with Crippen LogP contribution in [0.4, 0.5) is 4.79 Å². The monoisotopic (exact) mass is 334 g/mol. The lowest BCUT2D eigenvalue weighted by Gasteiger charge is -2.21. The number of halogens is 1. The molecule has 116 valence electrons. The van der Waals surface area contributed by atoms with E-state index in [1.165, 1.54) is 16.9 Å². The van der Waals surface area contributed by atoms with Gasteiger partial charge < -0.3 is 10.2 Å². The number of hydrogen-bond acceptors (Lipinski definition) is 2. The number of benzene rings is 1. The first-order chi connectivity index (χ1) is 10.6. The first kappa shape index (κ1) is 15.4. The van der Waals surface area contributed by atoms with Gasteiger partial charge in [-0.15, -0.1) is 11.3 Å². The molecule has 1 heterocycles. The van der Waals surface area contributed by atoms with Gasteiger partial charge in [-0.2, -0.15) is 0 Å². The molecule has 1 aliphatic carbocycles. The van der Waals surface area contributed by atoms with Crippen LogP contribution in [0.5, 0.6) is 0 Å². The lowest BCUT2D eigenvalue weighted by Crippen LogP contribution is -2.40. The van der Waals surface area contributed by atoms with Crippen LogP contribution >= 0.6 is 22.9 Å². The van der Waals surface area contributed by atoms with Crippen LogP contribution in [0.2, 0.25) is 4.34 Å². The molecule has 0 spiro atoms. The van der Waals surface area contributed by atoms with Gasteiger partial charge >= 0.3 is 6.03 Å². The molecular weight excluding hydrogens is 316 g/mol. The Hall–Kier alpha value is -1.52. The summed E-state index contributed by atoms with van der Waals surface area (Å²) in [4.78, 5) is 15.0. The van der Waals surface area contributed by atoms with E-state index < -0.39 is 0 Å². The van der Waals surface area contributed by atoms with Crippen molar-refractivity contribution in [1.82, 2.24) is 10.2 Å². The Morgan fingerprint density at radius 3 is 2.59 bits per heavy atom. The molecule has 0 aliphatic heterocycles. The number of carbonyl (C=O) groups excluding carboxylic acids is 1. The van der Waals surface area contributed by atoms with Crippen molar-refractivity contribution in [3.8, 4) is 0 Å². The Labute approximate surface area is 139 Å². The molecule has 0 saturated heterocycles. The van der Waals surface area contributed by atoms with Gasteiger partial charge in [-0.3, -0.25) is 0 Å². The molecule has 1 aliphatic rings. The highest BCUT2D eigenvalue weighted by Crippen LogP contribution is 2.47. The zero-order valence-electron chi connectivity index (χ0n) is 12.5. The van der Waals surface area contributed by atoms with E-state index in [9.17, 15) is 4.79 Å². The molecule has 2 amide bonds. The van der Waals surface area contributed by atoms with Crippen molar-refractivity contribution < 1.29 is 4.79 Å². The predicted octanol–water partition coefficient (Wildman–Crippen LogP) is 4.27. The molecule has 1 N–H and O–H groups in total. The lowest BCUT2D eigenvalue weighted by atomic mass is 9.96.